The van der Waals surface area contributed by atoms with Crippen LogP contribution >= 0.6 is 0 Å². The van der Waals surface area contributed by atoms with Gasteiger partial charge in [-0.15, -0.1) is 0 Å². The van der Waals surface area contributed by atoms with Crippen molar-refractivity contribution in [2.45, 2.75) is 32.1 Å². The maximum absolute atomic E-state index is 13.4. The highest BCUT2D eigenvalue weighted by molar-refractivity contribution is 5.94. The predicted octanol–water partition coefficient (Wildman–Crippen LogP) is 0.886. The molecule has 4 heterocycles. The highest BCUT2D eigenvalue weighted by atomic mass is 16.5. The molecular formula is C23H27N3O4. The summed E-state index contributed by atoms with van der Waals surface area (Å²) in [6.07, 6.45) is 3.51. The third-order valence-electron chi connectivity index (χ3n) is 7.18. The Morgan fingerprint density at radius 1 is 1.20 bits per heavy atom. The van der Waals surface area contributed by atoms with Crippen molar-refractivity contribution in [3.63, 3.8) is 0 Å². The van der Waals surface area contributed by atoms with E-state index in [4.69, 9.17) is 4.74 Å². The standard InChI is InChI=1S/C23H27N3O4/c1-14-4-5-16(10-15(14)2)11-26-13-23-7-6-17(30-23)19(20(23)22(26)29)21(28)25-9-8-24(3)18(27)12-25/h4-7,10,17,19-20H,8-9,11-13H2,1-3H3/t17-,19-,20+,23-/m0/s1. The smallest absolute Gasteiger partial charge is 0.241 e. The summed E-state index contributed by atoms with van der Waals surface area (Å²) in [5.74, 6) is -1.30. The van der Waals surface area contributed by atoms with E-state index in [1.54, 1.807) is 16.8 Å². The van der Waals surface area contributed by atoms with Gasteiger partial charge in [-0.05, 0) is 30.5 Å². The van der Waals surface area contributed by atoms with E-state index in [0.29, 0.717) is 26.2 Å². The maximum atomic E-state index is 13.4. The summed E-state index contributed by atoms with van der Waals surface area (Å²) >= 11 is 0. The minimum atomic E-state index is -0.724. The number of fused-ring (bicyclic) bond motifs is 1. The minimum Gasteiger partial charge on any atom is -0.360 e. The van der Waals surface area contributed by atoms with Crippen LogP contribution in [0.1, 0.15) is 16.7 Å². The largest absolute Gasteiger partial charge is 0.360 e. The van der Waals surface area contributed by atoms with Gasteiger partial charge in [-0.25, -0.2) is 0 Å². The molecule has 30 heavy (non-hydrogen) atoms. The van der Waals surface area contributed by atoms with Crippen molar-refractivity contribution in [2.75, 3.05) is 33.2 Å². The highest BCUT2D eigenvalue weighted by Gasteiger charge is 2.67. The predicted molar refractivity (Wildman–Crippen MR) is 109 cm³/mol. The third-order valence-corrected chi connectivity index (χ3v) is 7.18. The number of ether oxygens (including phenoxy) is 1. The van der Waals surface area contributed by atoms with Gasteiger partial charge < -0.3 is 19.4 Å². The van der Waals surface area contributed by atoms with Gasteiger partial charge in [0.25, 0.3) is 0 Å². The molecule has 7 heteroatoms. The minimum absolute atomic E-state index is 0.0288. The SMILES string of the molecule is Cc1ccc(CN2C[C@]34C=C[C@H](O3)[C@H](C(=O)N3CCN(C)C(=O)C3)[C@@H]4C2=O)cc1C. The van der Waals surface area contributed by atoms with Crippen molar-refractivity contribution in [2.24, 2.45) is 11.8 Å². The van der Waals surface area contributed by atoms with E-state index in [0.717, 1.165) is 5.56 Å². The van der Waals surface area contributed by atoms with Crippen molar-refractivity contribution in [3.05, 3.63) is 47.0 Å². The van der Waals surface area contributed by atoms with Gasteiger partial charge in [-0.1, -0.05) is 30.4 Å². The van der Waals surface area contributed by atoms with Crippen LogP contribution in [-0.4, -0.2) is 77.4 Å². The van der Waals surface area contributed by atoms with Crippen molar-refractivity contribution >= 4 is 17.7 Å². The zero-order chi connectivity index (χ0) is 21.2. The van der Waals surface area contributed by atoms with E-state index in [9.17, 15) is 14.4 Å². The molecule has 1 aromatic carbocycles. The van der Waals surface area contributed by atoms with Gasteiger partial charge in [0.15, 0.2) is 0 Å². The second-order valence-electron chi connectivity index (χ2n) is 9.09. The fourth-order valence-corrected chi connectivity index (χ4v) is 5.27. The summed E-state index contributed by atoms with van der Waals surface area (Å²) in [7, 11) is 1.74. The van der Waals surface area contributed by atoms with Gasteiger partial charge in [-0.3, -0.25) is 14.4 Å². The van der Waals surface area contributed by atoms with Crippen LogP contribution in [0.25, 0.3) is 0 Å². The molecule has 0 unspecified atom stereocenters. The molecule has 0 N–H and O–H groups in total. The maximum Gasteiger partial charge on any atom is 0.241 e. The molecule has 1 spiro atoms. The zero-order valence-electron chi connectivity index (χ0n) is 17.6. The molecule has 158 valence electrons. The normalized spacial score (nSPS) is 32.4. The molecule has 3 amide bonds. The first kappa shape index (κ1) is 19.3. The Balaban J connectivity index is 1.38. The Morgan fingerprint density at radius 3 is 2.73 bits per heavy atom. The number of amides is 3. The summed E-state index contributed by atoms with van der Waals surface area (Å²) in [5.41, 5.74) is 2.77. The number of nitrogens with zero attached hydrogens (tertiary/aromatic N) is 3. The van der Waals surface area contributed by atoms with Crippen molar-refractivity contribution < 1.29 is 19.1 Å². The summed E-state index contributed by atoms with van der Waals surface area (Å²) in [5, 5.41) is 0. The molecule has 5 rings (SSSR count). The average Bonchev–Trinajstić information content (AvgIpc) is 3.35. The Hall–Kier alpha value is -2.67. The monoisotopic (exact) mass is 409 g/mol. The summed E-state index contributed by atoms with van der Waals surface area (Å²) < 4.78 is 6.22. The number of likely N-dealkylation sites (N-methyl/N-ethyl adjacent to an activating group) is 1. The van der Waals surface area contributed by atoms with Crippen LogP contribution in [0.2, 0.25) is 0 Å². The molecular weight excluding hydrogens is 382 g/mol. The van der Waals surface area contributed by atoms with Crippen LogP contribution in [-0.2, 0) is 25.7 Å². The Labute approximate surface area is 176 Å². The lowest BCUT2D eigenvalue weighted by molar-refractivity contribution is -0.149. The Kier molecular flexibility index (Phi) is 4.29. The Bertz CT molecular complexity index is 973. The molecule has 0 aliphatic carbocycles. The zero-order valence-corrected chi connectivity index (χ0v) is 17.6. The molecule has 0 radical (unpaired) electrons. The number of benzene rings is 1. The summed E-state index contributed by atoms with van der Waals surface area (Å²) in [6, 6.07) is 6.23. The number of aryl methyl sites for hydroxylation is 2. The van der Waals surface area contributed by atoms with E-state index < -0.39 is 17.4 Å². The summed E-state index contributed by atoms with van der Waals surface area (Å²) in [4.78, 5) is 43.9. The lowest BCUT2D eigenvalue weighted by atomic mass is 9.76. The van der Waals surface area contributed by atoms with E-state index >= 15 is 0 Å². The van der Waals surface area contributed by atoms with E-state index in [1.807, 2.05) is 23.1 Å². The summed E-state index contributed by atoms with van der Waals surface area (Å²) in [6.45, 7) is 6.19. The van der Waals surface area contributed by atoms with Crippen LogP contribution in [0.4, 0.5) is 0 Å². The third kappa shape index (κ3) is 2.79. The molecule has 0 aromatic heterocycles. The number of carbonyl (C=O) groups is 3. The molecule has 7 nitrogen and oxygen atoms in total. The molecule has 4 atom stereocenters. The molecule has 1 aromatic rings. The van der Waals surface area contributed by atoms with Crippen LogP contribution in [0.5, 0.6) is 0 Å². The van der Waals surface area contributed by atoms with Gasteiger partial charge in [0.05, 0.1) is 31.0 Å². The van der Waals surface area contributed by atoms with Crippen molar-refractivity contribution in [3.8, 4) is 0 Å². The molecule has 0 saturated carbocycles. The highest BCUT2D eigenvalue weighted by Crippen LogP contribution is 2.52. The molecule has 2 bridgehead atoms. The number of hydrogen-bond acceptors (Lipinski definition) is 4. The average molecular weight is 409 g/mol. The first-order chi connectivity index (χ1) is 14.3. The second-order valence-corrected chi connectivity index (χ2v) is 9.09. The molecule has 3 fully saturated rings. The number of rotatable bonds is 3. The van der Waals surface area contributed by atoms with E-state index in [2.05, 4.69) is 26.0 Å². The van der Waals surface area contributed by atoms with Crippen LogP contribution in [0.15, 0.2) is 30.4 Å². The fraction of sp³-hybridized carbons (Fsp3) is 0.522. The second kappa shape index (κ2) is 6.67. The van der Waals surface area contributed by atoms with Crippen molar-refractivity contribution in [1.82, 2.24) is 14.7 Å². The van der Waals surface area contributed by atoms with Crippen LogP contribution in [0.3, 0.4) is 0 Å². The Morgan fingerprint density at radius 2 is 2.00 bits per heavy atom. The molecule has 3 saturated heterocycles. The van der Waals surface area contributed by atoms with Gasteiger partial charge in [0.2, 0.25) is 17.7 Å². The van der Waals surface area contributed by atoms with E-state index in [-0.39, 0.29) is 30.4 Å². The first-order valence-electron chi connectivity index (χ1n) is 10.5. The number of likely N-dealkylation sites (tertiary alicyclic amines) is 1. The van der Waals surface area contributed by atoms with Gasteiger partial charge in [0, 0.05) is 26.7 Å². The number of piperazine rings is 1. The lowest BCUT2D eigenvalue weighted by Gasteiger charge is -2.35. The number of hydrogen-bond donors (Lipinski definition) is 0. The first-order valence-corrected chi connectivity index (χ1v) is 10.5. The fourth-order valence-electron chi connectivity index (χ4n) is 5.27. The van der Waals surface area contributed by atoms with Gasteiger partial charge >= 0.3 is 0 Å². The lowest BCUT2D eigenvalue weighted by Crippen LogP contribution is -2.54. The quantitative estimate of drug-likeness (QED) is 0.695. The molecule has 4 aliphatic rings. The van der Waals surface area contributed by atoms with E-state index in [1.165, 1.54) is 11.1 Å². The topological polar surface area (TPSA) is 70.2 Å². The van der Waals surface area contributed by atoms with Gasteiger partial charge in [-0.2, -0.15) is 0 Å². The van der Waals surface area contributed by atoms with Crippen LogP contribution in [0, 0.1) is 25.7 Å². The number of carbonyl (C=O) groups excluding carboxylic acids is 3. The van der Waals surface area contributed by atoms with Crippen LogP contribution < -0.4 is 0 Å². The van der Waals surface area contributed by atoms with Gasteiger partial charge in [0.1, 0.15) is 5.60 Å². The molecule has 4 aliphatic heterocycles. The van der Waals surface area contributed by atoms with Crippen molar-refractivity contribution in [1.29, 1.82) is 0 Å².